The van der Waals surface area contributed by atoms with Gasteiger partial charge >= 0.3 is 0 Å². The van der Waals surface area contributed by atoms with Gasteiger partial charge in [0.1, 0.15) is 0 Å². The normalized spacial score (nSPS) is 17.8. The molecule has 1 heterocycles. The molecule has 0 bridgehead atoms. The van der Waals surface area contributed by atoms with Crippen molar-refractivity contribution < 1.29 is 0 Å². The van der Waals surface area contributed by atoms with Gasteiger partial charge in [0.2, 0.25) is 0 Å². The molecule has 0 amide bonds. The van der Waals surface area contributed by atoms with Gasteiger partial charge in [-0.25, -0.2) is 0 Å². The zero-order valence-corrected chi connectivity index (χ0v) is 12.8. The Balaban J connectivity index is 2.15. The van der Waals surface area contributed by atoms with Crippen LogP contribution in [-0.2, 0) is 6.42 Å². The molecule has 0 spiro atoms. The van der Waals surface area contributed by atoms with Crippen LogP contribution in [0.3, 0.4) is 0 Å². The van der Waals surface area contributed by atoms with E-state index in [0.29, 0.717) is 17.7 Å². The number of hydrogen-bond donors (Lipinski definition) is 0. The van der Waals surface area contributed by atoms with Gasteiger partial charge in [0.05, 0.1) is 4.34 Å². The zero-order chi connectivity index (χ0) is 12.3. The molecule has 0 atom stereocenters. The molecular weight excluding hydrogens is 295 g/mol. The first kappa shape index (κ1) is 14.0. The Morgan fingerprint density at radius 2 is 1.82 bits per heavy atom. The summed E-state index contributed by atoms with van der Waals surface area (Å²) in [5.41, 5.74) is 0.0633. The van der Waals surface area contributed by atoms with E-state index in [4.69, 9.17) is 34.8 Å². The monoisotopic (exact) mass is 310 g/mol. The second kappa shape index (κ2) is 6.14. The summed E-state index contributed by atoms with van der Waals surface area (Å²) in [5.74, 6) is 1.98. The molecule has 0 N–H and O–H groups in total. The lowest BCUT2D eigenvalue weighted by atomic mass is 9.74. The molecule has 0 saturated heterocycles. The topological polar surface area (TPSA) is 0 Å². The minimum atomic E-state index is 0.0633. The summed E-state index contributed by atoms with van der Waals surface area (Å²) >= 11 is 20.1. The van der Waals surface area contributed by atoms with Gasteiger partial charge in [-0.1, -0.05) is 24.4 Å². The fraction of sp³-hybridized carbons (Fsp3) is 0.692. The molecule has 0 aliphatic heterocycles. The fourth-order valence-electron chi connectivity index (χ4n) is 2.82. The van der Waals surface area contributed by atoms with Gasteiger partial charge in [-0.3, -0.25) is 0 Å². The highest BCUT2D eigenvalue weighted by atomic mass is 35.5. The second-order valence-electron chi connectivity index (χ2n) is 4.99. The highest BCUT2D eigenvalue weighted by Crippen LogP contribution is 2.45. The van der Waals surface area contributed by atoms with E-state index < -0.39 is 0 Å². The lowest BCUT2D eigenvalue weighted by molar-refractivity contribution is 0.226. The minimum Gasteiger partial charge on any atom is -0.128 e. The second-order valence-corrected chi connectivity index (χ2v) is 7.33. The SMILES string of the molecule is ClCC(CCl)(Cc1ccc(Cl)s1)C1CCCC1. The van der Waals surface area contributed by atoms with E-state index in [2.05, 4.69) is 6.07 Å². The molecule has 4 heteroatoms. The predicted octanol–water partition coefficient (Wildman–Crippen LogP) is 5.60. The number of thiophene rings is 1. The molecule has 0 radical (unpaired) electrons. The molecule has 96 valence electrons. The quantitative estimate of drug-likeness (QED) is 0.621. The van der Waals surface area contributed by atoms with E-state index in [9.17, 15) is 0 Å². The maximum Gasteiger partial charge on any atom is 0.0931 e. The van der Waals surface area contributed by atoms with Gasteiger partial charge < -0.3 is 0 Å². The van der Waals surface area contributed by atoms with Crippen LogP contribution in [0.2, 0.25) is 4.34 Å². The molecule has 2 rings (SSSR count). The van der Waals surface area contributed by atoms with Gasteiger partial charge in [-0.15, -0.1) is 34.5 Å². The third kappa shape index (κ3) is 3.12. The highest BCUT2D eigenvalue weighted by molar-refractivity contribution is 7.16. The molecule has 1 aromatic rings. The average Bonchev–Trinajstić information content (AvgIpc) is 2.98. The Bertz CT molecular complexity index is 351. The molecule has 1 aliphatic carbocycles. The largest absolute Gasteiger partial charge is 0.128 e. The first-order valence-electron chi connectivity index (χ1n) is 6.06. The summed E-state index contributed by atoms with van der Waals surface area (Å²) in [6.07, 6.45) is 6.18. The van der Waals surface area contributed by atoms with Crippen LogP contribution in [0, 0.1) is 11.3 Å². The van der Waals surface area contributed by atoms with E-state index in [1.54, 1.807) is 11.3 Å². The van der Waals surface area contributed by atoms with Crippen molar-refractivity contribution in [3.63, 3.8) is 0 Å². The van der Waals surface area contributed by atoms with Gasteiger partial charge in [0.15, 0.2) is 0 Å². The Kier molecular flexibility index (Phi) is 5.06. The molecule has 0 aromatic carbocycles. The van der Waals surface area contributed by atoms with Crippen LogP contribution in [-0.4, -0.2) is 11.8 Å². The molecule has 17 heavy (non-hydrogen) atoms. The number of rotatable bonds is 5. The predicted molar refractivity (Wildman–Crippen MR) is 78.9 cm³/mol. The summed E-state index contributed by atoms with van der Waals surface area (Å²) in [5, 5.41) is 0. The molecule has 1 fully saturated rings. The maximum atomic E-state index is 6.25. The molecular formula is C13H17Cl3S. The third-order valence-electron chi connectivity index (χ3n) is 3.91. The van der Waals surface area contributed by atoms with Crippen molar-refractivity contribution in [3.05, 3.63) is 21.3 Å². The van der Waals surface area contributed by atoms with Crippen LogP contribution in [0.4, 0.5) is 0 Å². The summed E-state index contributed by atoms with van der Waals surface area (Å²) in [6.45, 7) is 0. The standard InChI is InChI=1S/C13H17Cl3S/c14-8-13(9-15,10-3-1-2-4-10)7-11-5-6-12(16)17-11/h5-6,10H,1-4,7-9H2. The van der Waals surface area contributed by atoms with Crippen LogP contribution in [0.25, 0.3) is 0 Å². The van der Waals surface area contributed by atoms with Crippen molar-refractivity contribution in [2.45, 2.75) is 32.1 Å². The van der Waals surface area contributed by atoms with Crippen LogP contribution in [0.1, 0.15) is 30.6 Å². The lowest BCUT2D eigenvalue weighted by Gasteiger charge is -2.35. The van der Waals surface area contributed by atoms with E-state index in [1.165, 1.54) is 30.6 Å². The summed E-state index contributed by atoms with van der Waals surface area (Å²) in [4.78, 5) is 1.31. The summed E-state index contributed by atoms with van der Waals surface area (Å²) in [6, 6.07) is 4.07. The average molecular weight is 312 g/mol. The fourth-order valence-corrected chi connectivity index (χ4v) is 4.98. The molecule has 0 unspecified atom stereocenters. The lowest BCUT2D eigenvalue weighted by Crippen LogP contribution is -2.35. The molecule has 1 saturated carbocycles. The van der Waals surface area contributed by atoms with Crippen molar-refractivity contribution in [2.75, 3.05) is 11.8 Å². The minimum absolute atomic E-state index is 0.0633. The van der Waals surface area contributed by atoms with Gasteiger partial charge in [-0.2, -0.15) is 0 Å². The van der Waals surface area contributed by atoms with Crippen LogP contribution >= 0.6 is 46.1 Å². The van der Waals surface area contributed by atoms with Crippen molar-refractivity contribution in [1.82, 2.24) is 0 Å². The molecule has 1 aromatic heterocycles. The van der Waals surface area contributed by atoms with E-state index in [0.717, 1.165) is 10.8 Å². The summed E-state index contributed by atoms with van der Waals surface area (Å²) < 4.78 is 0.851. The summed E-state index contributed by atoms with van der Waals surface area (Å²) in [7, 11) is 0. The van der Waals surface area contributed by atoms with Crippen LogP contribution in [0.15, 0.2) is 12.1 Å². The number of halogens is 3. The number of alkyl halides is 2. The van der Waals surface area contributed by atoms with E-state index in [1.807, 2.05) is 6.07 Å². The Hall–Kier alpha value is 0.570. The first-order chi connectivity index (χ1) is 8.20. The van der Waals surface area contributed by atoms with Crippen molar-refractivity contribution in [1.29, 1.82) is 0 Å². The van der Waals surface area contributed by atoms with Crippen LogP contribution in [0.5, 0.6) is 0 Å². The van der Waals surface area contributed by atoms with Gasteiger partial charge in [-0.05, 0) is 37.3 Å². The van der Waals surface area contributed by atoms with E-state index in [-0.39, 0.29) is 5.41 Å². The van der Waals surface area contributed by atoms with Crippen LogP contribution < -0.4 is 0 Å². The molecule has 0 nitrogen and oxygen atoms in total. The van der Waals surface area contributed by atoms with E-state index >= 15 is 0 Å². The van der Waals surface area contributed by atoms with Gasteiger partial charge in [0, 0.05) is 22.1 Å². The van der Waals surface area contributed by atoms with Crippen molar-refractivity contribution in [3.8, 4) is 0 Å². The van der Waals surface area contributed by atoms with Crippen molar-refractivity contribution in [2.24, 2.45) is 11.3 Å². The highest BCUT2D eigenvalue weighted by Gasteiger charge is 2.39. The Morgan fingerprint density at radius 3 is 2.29 bits per heavy atom. The smallest absolute Gasteiger partial charge is 0.0931 e. The zero-order valence-electron chi connectivity index (χ0n) is 9.72. The number of hydrogen-bond acceptors (Lipinski definition) is 1. The Morgan fingerprint density at radius 1 is 1.18 bits per heavy atom. The third-order valence-corrected chi connectivity index (χ3v) is 6.20. The first-order valence-corrected chi connectivity index (χ1v) is 8.33. The van der Waals surface area contributed by atoms with Crippen molar-refractivity contribution >= 4 is 46.1 Å². The maximum absolute atomic E-state index is 6.25. The Labute approximate surface area is 122 Å². The van der Waals surface area contributed by atoms with Gasteiger partial charge in [0.25, 0.3) is 0 Å². The molecule has 1 aliphatic rings.